The van der Waals surface area contributed by atoms with Crippen molar-refractivity contribution in [2.45, 2.75) is 65.9 Å². The van der Waals surface area contributed by atoms with Crippen molar-refractivity contribution in [3.63, 3.8) is 0 Å². The van der Waals surface area contributed by atoms with Gasteiger partial charge < -0.3 is 15.4 Å². The van der Waals surface area contributed by atoms with E-state index in [-0.39, 0.29) is 5.91 Å². The van der Waals surface area contributed by atoms with E-state index in [0.717, 1.165) is 12.8 Å². The molecule has 0 spiro atoms. The summed E-state index contributed by atoms with van der Waals surface area (Å²) in [6, 6.07) is 0. The molecule has 0 bridgehead atoms. The van der Waals surface area contributed by atoms with E-state index in [4.69, 9.17) is 4.74 Å². The van der Waals surface area contributed by atoms with Crippen LogP contribution in [0.3, 0.4) is 0 Å². The van der Waals surface area contributed by atoms with Gasteiger partial charge in [-0.15, -0.1) is 0 Å². The summed E-state index contributed by atoms with van der Waals surface area (Å²) < 4.78 is 5.11. The van der Waals surface area contributed by atoms with Crippen LogP contribution in [0, 0.1) is 5.92 Å². The molecule has 0 aromatic rings. The quantitative estimate of drug-likeness (QED) is 0.674. The molecule has 5 nitrogen and oxygen atoms in total. The van der Waals surface area contributed by atoms with Crippen molar-refractivity contribution in [1.82, 2.24) is 10.6 Å². The summed E-state index contributed by atoms with van der Waals surface area (Å²) in [6.45, 7) is 10.8. The Labute approximate surface area is 122 Å². The van der Waals surface area contributed by atoms with Crippen molar-refractivity contribution >= 4 is 12.0 Å². The van der Waals surface area contributed by atoms with Gasteiger partial charge in [-0.05, 0) is 33.1 Å². The SMILES string of the molecule is CCCC(C)CC(=O)NCCCNC(=O)OC(C)(C)C. The van der Waals surface area contributed by atoms with Crippen molar-refractivity contribution < 1.29 is 14.3 Å². The summed E-state index contributed by atoms with van der Waals surface area (Å²) in [7, 11) is 0. The minimum atomic E-state index is -0.478. The maximum Gasteiger partial charge on any atom is 0.407 e. The van der Waals surface area contributed by atoms with Crippen molar-refractivity contribution in [3.8, 4) is 0 Å². The fourth-order valence-corrected chi connectivity index (χ4v) is 1.80. The highest BCUT2D eigenvalue weighted by Gasteiger charge is 2.15. The maximum atomic E-state index is 11.6. The molecule has 2 N–H and O–H groups in total. The standard InChI is InChI=1S/C15H30N2O3/c1-6-8-12(2)11-13(18)16-9-7-10-17-14(19)20-15(3,4)5/h12H,6-11H2,1-5H3,(H,16,18)(H,17,19). The van der Waals surface area contributed by atoms with Gasteiger partial charge in [0.1, 0.15) is 5.60 Å². The molecule has 2 amide bonds. The van der Waals surface area contributed by atoms with Gasteiger partial charge in [0.05, 0.1) is 0 Å². The zero-order valence-corrected chi connectivity index (χ0v) is 13.5. The predicted octanol–water partition coefficient (Wildman–Crippen LogP) is 2.84. The van der Waals surface area contributed by atoms with E-state index in [2.05, 4.69) is 24.5 Å². The lowest BCUT2D eigenvalue weighted by Gasteiger charge is -2.19. The molecule has 0 fully saturated rings. The van der Waals surface area contributed by atoms with Gasteiger partial charge in [-0.2, -0.15) is 0 Å². The van der Waals surface area contributed by atoms with Crippen LogP contribution in [0.15, 0.2) is 0 Å². The number of alkyl carbamates (subject to hydrolysis) is 1. The molecule has 0 aliphatic rings. The summed E-state index contributed by atoms with van der Waals surface area (Å²) in [5, 5.41) is 5.52. The molecule has 5 heteroatoms. The number of amides is 2. The summed E-state index contributed by atoms with van der Waals surface area (Å²) in [6.07, 6.45) is 3.04. The first-order valence-electron chi connectivity index (χ1n) is 7.48. The number of ether oxygens (including phenoxy) is 1. The molecule has 0 aromatic heterocycles. The van der Waals surface area contributed by atoms with Crippen LogP contribution in [-0.2, 0) is 9.53 Å². The number of carbonyl (C=O) groups excluding carboxylic acids is 2. The predicted molar refractivity (Wildman–Crippen MR) is 80.6 cm³/mol. The van der Waals surface area contributed by atoms with Gasteiger partial charge in [0.15, 0.2) is 0 Å². The van der Waals surface area contributed by atoms with Gasteiger partial charge in [-0.1, -0.05) is 26.7 Å². The molecular formula is C15H30N2O3. The first-order chi connectivity index (χ1) is 9.24. The van der Waals surface area contributed by atoms with Gasteiger partial charge in [0, 0.05) is 19.5 Å². The van der Waals surface area contributed by atoms with Gasteiger partial charge in [-0.25, -0.2) is 4.79 Å². The molecule has 0 radical (unpaired) electrons. The summed E-state index contributed by atoms with van der Waals surface area (Å²) in [5.74, 6) is 0.517. The van der Waals surface area contributed by atoms with E-state index in [1.807, 2.05) is 20.8 Å². The first kappa shape index (κ1) is 18.7. The maximum absolute atomic E-state index is 11.6. The van der Waals surface area contributed by atoms with Crippen LogP contribution in [0.25, 0.3) is 0 Å². The minimum Gasteiger partial charge on any atom is -0.444 e. The van der Waals surface area contributed by atoms with Crippen molar-refractivity contribution in [3.05, 3.63) is 0 Å². The molecule has 0 heterocycles. The van der Waals surface area contributed by atoms with Crippen LogP contribution in [0.4, 0.5) is 4.79 Å². The van der Waals surface area contributed by atoms with E-state index in [1.165, 1.54) is 0 Å². The number of carbonyl (C=O) groups is 2. The Morgan fingerprint density at radius 3 is 2.30 bits per heavy atom. The molecule has 1 atom stereocenters. The van der Waals surface area contributed by atoms with Crippen molar-refractivity contribution in [1.29, 1.82) is 0 Å². The molecule has 0 saturated carbocycles. The Bertz CT molecular complexity index is 298. The molecule has 118 valence electrons. The third-order valence-electron chi connectivity index (χ3n) is 2.66. The lowest BCUT2D eigenvalue weighted by molar-refractivity contribution is -0.121. The minimum absolute atomic E-state index is 0.0863. The van der Waals surface area contributed by atoms with Gasteiger partial charge in [-0.3, -0.25) is 4.79 Å². The fourth-order valence-electron chi connectivity index (χ4n) is 1.80. The lowest BCUT2D eigenvalue weighted by Crippen LogP contribution is -2.34. The summed E-state index contributed by atoms with van der Waals surface area (Å²) in [4.78, 5) is 22.9. The Morgan fingerprint density at radius 1 is 1.15 bits per heavy atom. The average Bonchev–Trinajstić information content (AvgIpc) is 2.26. The van der Waals surface area contributed by atoms with E-state index >= 15 is 0 Å². The van der Waals surface area contributed by atoms with Crippen molar-refractivity contribution in [2.24, 2.45) is 5.92 Å². The summed E-state index contributed by atoms with van der Waals surface area (Å²) in [5.41, 5.74) is -0.478. The van der Waals surface area contributed by atoms with Crippen LogP contribution in [-0.4, -0.2) is 30.7 Å². The highest BCUT2D eigenvalue weighted by atomic mass is 16.6. The van der Waals surface area contributed by atoms with Gasteiger partial charge >= 0.3 is 6.09 Å². The second-order valence-electron chi connectivity index (χ2n) is 6.23. The van der Waals surface area contributed by atoms with E-state index in [1.54, 1.807) is 0 Å². The molecule has 0 aliphatic carbocycles. The zero-order chi connectivity index (χ0) is 15.6. The molecular weight excluding hydrogens is 256 g/mol. The average molecular weight is 286 g/mol. The third kappa shape index (κ3) is 11.8. The van der Waals surface area contributed by atoms with Gasteiger partial charge in [0.2, 0.25) is 5.91 Å². The first-order valence-corrected chi connectivity index (χ1v) is 7.48. The number of hydrogen-bond acceptors (Lipinski definition) is 3. The molecule has 1 unspecified atom stereocenters. The highest BCUT2D eigenvalue weighted by Crippen LogP contribution is 2.09. The van der Waals surface area contributed by atoms with Crippen molar-refractivity contribution in [2.75, 3.05) is 13.1 Å². The topological polar surface area (TPSA) is 67.4 Å². The number of nitrogens with one attached hydrogen (secondary N) is 2. The highest BCUT2D eigenvalue weighted by molar-refractivity contribution is 5.76. The number of rotatable bonds is 8. The number of hydrogen-bond donors (Lipinski definition) is 2. The molecule has 0 rings (SSSR count). The van der Waals surface area contributed by atoms with E-state index < -0.39 is 11.7 Å². The lowest BCUT2D eigenvalue weighted by atomic mass is 10.0. The Balaban J connectivity index is 3.57. The van der Waals surface area contributed by atoms with E-state index in [9.17, 15) is 9.59 Å². The van der Waals surface area contributed by atoms with Crippen LogP contribution >= 0.6 is 0 Å². The third-order valence-corrected chi connectivity index (χ3v) is 2.66. The molecule has 20 heavy (non-hydrogen) atoms. The normalized spacial score (nSPS) is 12.7. The smallest absolute Gasteiger partial charge is 0.407 e. The monoisotopic (exact) mass is 286 g/mol. The Kier molecular flexibility index (Phi) is 9.01. The molecule has 0 aromatic carbocycles. The second kappa shape index (κ2) is 9.61. The van der Waals surface area contributed by atoms with Gasteiger partial charge in [0.25, 0.3) is 0 Å². The fraction of sp³-hybridized carbons (Fsp3) is 0.867. The van der Waals surface area contributed by atoms with Crippen LogP contribution in [0.5, 0.6) is 0 Å². The molecule has 0 saturated heterocycles. The Hall–Kier alpha value is -1.26. The van der Waals surface area contributed by atoms with E-state index in [0.29, 0.717) is 31.8 Å². The Morgan fingerprint density at radius 2 is 1.75 bits per heavy atom. The van der Waals surface area contributed by atoms with Crippen LogP contribution in [0.2, 0.25) is 0 Å². The molecule has 0 aliphatic heterocycles. The zero-order valence-electron chi connectivity index (χ0n) is 13.5. The van der Waals surface area contributed by atoms with Crippen LogP contribution < -0.4 is 10.6 Å². The largest absolute Gasteiger partial charge is 0.444 e. The summed E-state index contributed by atoms with van der Waals surface area (Å²) >= 11 is 0. The second-order valence-corrected chi connectivity index (χ2v) is 6.23. The van der Waals surface area contributed by atoms with Crippen LogP contribution in [0.1, 0.15) is 60.3 Å².